The maximum Gasteiger partial charge on any atom is 0.188 e. The summed E-state index contributed by atoms with van der Waals surface area (Å²) in [6.45, 7) is 2.83. The Labute approximate surface area is 93.5 Å². The minimum Gasteiger partial charge on any atom is -0.399 e. The topological polar surface area (TPSA) is 56.7 Å². The molecule has 1 heterocycles. The van der Waals surface area contributed by atoms with E-state index in [0.717, 1.165) is 23.6 Å². The fourth-order valence-corrected chi connectivity index (χ4v) is 1.71. The van der Waals surface area contributed by atoms with E-state index in [1.807, 2.05) is 35.8 Å². The van der Waals surface area contributed by atoms with Crippen LogP contribution >= 0.6 is 12.6 Å². The molecule has 0 spiro atoms. The molecule has 15 heavy (non-hydrogen) atoms. The average Bonchev–Trinajstić information content (AvgIpc) is 2.61. The van der Waals surface area contributed by atoms with E-state index in [2.05, 4.69) is 22.8 Å². The number of nitrogen functional groups attached to an aromatic ring is 1. The molecule has 0 saturated heterocycles. The molecule has 0 saturated carbocycles. The first kappa shape index (κ1) is 10.0. The second kappa shape index (κ2) is 3.94. The van der Waals surface area contributed by atoms with Gasteiger partial charge in [0.15, 0.2) is 11.0 Å². The lowest BCUT2D eigenvalue weighted by atomic mass is 10.2. The molecule has 0 aliphatic carbocycles. The summed E-state index contributed by atoms with van der Waals surface area (Å²) >= 11 is 4.23. The van der Waals surface area contributed by atoms with Crippen LogP contribution in [0.1, 0.15) is 6.92 Å². The van der Waals surface area contributed by atoms with E-state index in [0.29, 0.717) is 5.16 Å². The van der Waals surface area contributed by atoms with Gasteiger partial charge in [-0.05, 0) is 31.2 Å². The zero-order chi connectivity index (χ0) is 10.8. The molecular formula is C10H12N4S. The summed E-state index contributed by atoms with van der Waals surface area (Å²) in [5, 5.41) is 8.64. The molecule has 0 aliphatic heterocycles. The molecular weight excluding hydrogens is 208 g/mol. The maximum atomic E-state index is 5.62. The van der Waals surface area contributed by atoms with Crippen LogP contribution in [0.5, 0.6) is 0 Å². The van der Waals surface area contributed by atoms with Crippen LogP contribution in [0, 0.1) is 0 Å². The van der Waals surface area contributed by atoms with Gasteiger partial charge in [0.25, 0.3) is 0 Å². The molecule has 0 aliphatic rings. The highest BCUT2D eigenvalue weighted by Crippen LogP contribution is 2.20. The standard InChI is InChI=1S/C10H12N4S/c1-2-14-9(12-13-10(14)15)7-3-5-8(11)6-4-7/h3-6H,2,11H2,1H3,(H,13,15). The predicted octanol–water partition coefficient (Wildman–Crippen LogP) is 1.84. The van der Waals surface area contributed by atoms with E-state index in [1.54, 1.807) is 0 Å². The van der Waals surface area contributed by atoms with Crippen LogP contribution in [0.3, 0.4) is 0 Å². The average molecular weight is 220 g/mol. The van der Waals surface area contributed by atoms with Crippen molar-refractivity contribution in [3.63, 3.8) is 0 Å². The molecule has 2 N–H and O–H groups in total. The molecule has 0 atom stereocenters. The molecule has 78 valence electrons. The van der Waals surface area contributed by atoms with Crippen molar-refractivity contribution in [3.05, 3.63) is 24.3 Å². The first-order valence-corrected chi connectivity index (χ1v) is 5.15. The van der Waals surface area contributed by atoms with Crippen LogP contribution in [-0.2, 0) is 6.54 Å². The zero-order valence-corrected chi connectivity index (χ0v) is 9.28. The Morgan fingerprint density at radius 1 is 1.27 bits per heavy atom. The molecule has 2 rings (SSSR count). The van der Waals surface area contributed by atoms with E-state index in [4.69, 9.17) is 5.73 Å². The minimum absolute atomic E-state index is 0.629. The van der Waals surface area contributed by atoms with E-state index < -0.39 is 0 Å². The number of aromatic nitrogens is 3. The van der Waals surface area contributed by atoms with Gasteiger partial charge in [-0.2, -0.15) is 0 Å². The zero-order valence-electron chi connectivity index (χ0n) is 8.38. The molecule has 4 nitrogen and oxygen atoms in total. The van der Waals surface area contributed by atoms with Crippen molar-refractivity contribution in [1.82, 2.24) is 14.8 Å². The second-order valence-electron chi connectivity index (χ2n) is 3.19. The Morgan fingerprint density at radius 2 is 1.93 bits per heavy atom. The SMILES string of the molecule is CCn1c(S)nnc1-c1ccc(N)cc1. The Hall–Kier alpha value is -1.49. The number of thiol groups is 1. The van der Waals surface area contributed by atoms with Gasteiger partial charge in [0.2, 0.25) is 0 Å². The smallest absolute Gasteiger partial charge is 0.188 e. The van der Waals surface area contributed by atoms with Crippen molar-refractivity contribution < 1.29 is 0 Å². The fraction of sp³-hybridized carbons (Fsp3) is 0.200. The number of anilines is 1. The molecule has 1 aromatic heterocycles. The number of nitrogens with zero attached hydrogens (tertiary/aromatic N) is 3. The van der Waals surface area contributed by atoms with Crippen molar-refractivity contribution in [3.8, 4) is 11.4 Å². The van der Waals surface area contributed by atoms with Crippen molar-refractivity contribution >= 4 is 18.3 Å². The van der Waals surface area contributed by atoms with Gasteiger partial charge in [0.05, 0.1) is 0 Å². The van der Waals surface area contributed by atoms with Crippen LogP contribution in [-0.4, -0.2) is 14.8 Å². The number of hydrogen-bond donors (Lipinski definition) is 2. The monoisotopic (exact) mass is 220 g/mol. The van der Waals surface area contributed by atoms with Crippen LogP contribution in [0.2, 0.25) is 0 Å². The Bertz CT molecular complexity index is 461. The Morgan fingerprint density at radius 3 is 2.53 bits per heavy atom. The summed E-state index contributed by atoms with van der Waals surface area (Å²) in [7, 11) is 0. The number of rotatable bonds is 2. The second-order valence-corrected chi connectivity index (χ2v) is 3.59. The van der Waals surface area contributed by atoms with E-state index >= 15 is 0 Å². The van der Waals surface area contributed by atoms with Gasteiger partial charge in [-0.25, -0.2) is 0 Å². The van der Waals surface area contributed by atoms with Gasteiger partial charge in [-0.15, -0.1) is 22.8 Å². The Kier molecular flexibility index (Phi) is 2.64. The highest BCUT2D eigenvalue weighted by molar-refractivity contribution is 7.80. The lowest BCUT2D eigenvalue weighted by Gasteiger charge is -2.04. The van der Waals surface area contributed by atoms with Crippen LogP contribution in [0.4, 0.5) is 5.69 Å². The summed E-state index contributed by atoms with van der Waals surface area (Å²) < 4.78 is 1.94. The molecule has 0 bridgehead atoms. The molecule has 0 fully saturated rings. The molecule has 2 aromatic rings. The predicted molar refractivity (Wildman–Crippen MR) is 62.8 cm³/mol. The molecule has 5 heteroatoms. The van der Waals surface area contributed by atoms with E-state index in [9.17, 15) is 0 Å². The number of hydrogen-bond acceptors (Lipinski definition) is 4. The highest BCUT2D eigenvalue weighted by atomic mass is 32.1. The van der Waals surface area contributed by atoms with Gasteiger partial charge in [-0.1, -0.05) is 0 Å². The van der Waals surface area contributed by atoms with E-state index in [-0.39, 0.29) is 0 Å². The number of benzene rings is 1. The minimum atomic E-state index is 0.629. The van der Waals surface area contributed by atoms with Gasteiger partial charge in [0.1, 0.15) is 0 Å². The van der Waals surface area contributed by atoms with Crippen LogP contribution in [0.25, 0.3) is 11.4 Å². The molecule has 0 radical (unpaired) electrons. The summed E-state index contributed by atoms with van der Waals surface area (Å²) in [5.41, 5.74) is 7.36. The van der Waals surface area contributed by atoms with Crippen molar-refractivity contribution in [2.45, 2.75) is 18.6 Å². The normalized spacial score (nSPS) is 10.5. The molecule has 0 amide bonds. The van der Waals surface area contributed by atoms with Crippen LogP contribution in [0.15, 0.2) is 29.4 Å². The van der Waals surface area contributed by atoms with Gasteiger partial charge < -0.3 is 10.3 Å². The molecule has 0 unspecified atom stereocenters. The largest absolute Gasteiger partial charge is 0.399 e. The third-order valence-corrected chi connectivity index (χ3v) is 2.55. The highest BCUT2D eigenvalue weighted by Gasteiger charge is 2.09. The quantitative estimate of drug-likeness (QED) is 0.599. The van der Waals surface area contributed by atoms with Crippen molar-refractivity contribution in [2.24, 2.45) is 0 Å². The summed E-state index contributed by atoms with van der Waals surface area (Å²) in [6, 6.07) is 7.56. The third kappa shape index (κ3) is 1.83. The summed E-state index contributed by atoms with van der Waals surface area (Å²) in [4.78, 5) is 0. The van der Waals surface area contributed by atoms with Crippen LogP contribution < -0.4 is 5.73 Å². The Balaban J connectivity index is 2.49. The summed E-state index contributed by atoms with van der Waals surface area (Å²) in [6.07, 6.45) is 0. The first-order valence-electron chi connectivity index (χ1n) is 4.70. The van der Waals surface area contributed by atoms with E-state index in [1.165, 1.54) is 0 Å². The lowest BCUT2D eigenvalue weighted by Crippen LogP contribution is -1.98. The fourth-order valence-electron chi connectivity index (χ4n) is 1.43. The number of nitrogens with two attached hydrogens (primary N) is 1. The first-order chi connectivity index (χ1) is 7.22. The van der Waals surface area contributed by atoms with Crippen molar-refractivity contribution in [2.75, 3.05) is 5.73 Å². The lowest BCUT2D eigenvalue weighted by molar-refractivity contribution is 0.690. The van der Waals surface area contributed by atoms with Gasteiger partial charge >= 0.3 is 0 Å². The van der Waals surface area contributed by atoms with Gasteiger partial charge in [-0.3, -0.25) is 0 Å². The molecule has 1 aromatic carbocycles. The maximum absolute atomic E-state index is 5.62. The third-order valence-electron chi connectivity index (χ3n) is 2.22. The summed E-state index contributed by atoms with van der Waals surface area (Å²) in [5.74, 6) is 0.822. The van der Waals surface area contributed by atoms with Gasteiger partial charge in [0, 0.05) is 17.8 Å². The van der Waals surface area contributed by atoms with Crippen molar-refractivity contribution in [1.29, 1.82) is 0 Å².